The van der Waals surface area contributed by atoms with E-state index in [0.717, 1.165) is 24.1 Å². The molecule has 0 spiro atoms. The second kappa shape index (κ2) is 9.48. The van der Waals surface area contributed by atoms with Crippen LogP contribution in [-0.4, -0.2) is 60.0 Å². The molecule has 0 bridgehead atoms. The fourth-order valence-corrected chi connectivity index (χ4v) is 3.61. The summed E-state index contributed by atoms with van der Waals surface area (Å²) in [5, 5.41) is 12.4. The third-order valence-corrected chi connectivity index (χ3v) is 5.26. The Balaban J connectivity index is 1.71. The van der Waals surface area contributed by atoms with Gasteiger partial charge < -0.3 is 15.3 Å². The van der Waals surface area contributed by atoms with Crippen LogP contribution in [0.1, 0.15) is 23.6 Å². The van der Waals surface area contributed by atoms with Gasteiger partial charge in [-0.2, -0.15) is 0 Å². The molecule has 2 aromatic carbocycles. The van der Waals surface area contributed by atoms with Crippen LogP contribution in [0.3, 0.4) is 0 Å². The number of rotatable bonds is 8. The minimum atomic E-state index is -0.282. The molecular formula is C22H27N3O3. The van der Waals surface area contributed by atoms with Gasteiger partial charge >= 0.3 is 0 Å². The van der Waals surface area contributed by atoms with Gasteiger partial charge in [0.2, 0.25) is 12.3 Å². The van der Waals surface area contributed by atoms with Gasteiger partial charge in [0, 0.05) is 32.4 Å². The van der Waals surface area contributed by atoms with Gasteiger partial charge in [0.1, 0.15) is 0 Å². The van der Waals surface area contributed by atoms with E-state index in [9.17, 15) is 14.7 Å². The van der Waals surface area contributed by atoms with E-state index in [1.165, 1.54) is 0 Å². The number of benzene rings is 2. The van der Waals surface area contributed by atoms with E-state index in [1.807, 2.05) is 49.5 Å². The molecule has 0 saturated carbocycles. The number of anilines is 1. The molecular weight excluding hydrogens is 354 g/mol. The fourth-order valence-electron chi connectivity index (χ4n) is 3.61. The van der Waals surface area contributed by atoms with Crippen molar-refractivity contribution in [2.24, 2.45) is 0 Å². The Hall–Kier alpha value is -2.70. The molecule has 1 aliphatic heterocycles. The Kier molecular flexibility index (Phi) is 6.79. The summed E-state index contributed by atoms with van der Waals surface area (Å²) in [4.78, 5) is 27.5. The van der Waals surface area contributed by atoms with Gasteiger partial charge in [0.25, 0.3) is 0 Å². The second-order valence-corrected chi connectivity index (χ2v) is 7.27. The summed E-state index contributed by atoms with van der Waals surface area (Å²) in [6.45, 7) is 2.19. The summed E-state index contributed by atoms with van der Waals surface area (Å²) in [7, 11) is 1.84. The van der Waals surface area contributed by atoms with Crippen molar-refractivity contribution in [3.63, 3.8) is 0 Å². The molecule has 2 N–H and O–H groups in total. The Labute approximate surface area is 165 Å². The average Bonchev–Trinajstić information content (AvgIpc) is 3.13. The lowest BCUT2D eigenvalue weighted by molar-refractivity contribution is -0.131. The number of hydrogen-bond acceptors (Lipinski definition) is 4. The van der Waals surface area contributed by atoms with Gasteiger partial charge in [0.05, 0.1) is 18.6 Å². The third-order valence-electron chi connectivity index (χ3n) is 5.26. The van der Waals surface area contributed by atoms with E-state index in [1.54, 1.807) is 17.0 Å². The Morgan fingerprint density at radius 1 is 1.25 bits per heavy atom. The number of carbonyl (C=O) groups excluding carboxylic acids is 2. The van der Waals surface area contributed by atoms with E-state index in [2.05, 4.69) is 10.2 Å². The van der Waals surface area contributed by atoms with Gasteiger partial charge in [-0.25, -0.2) is 0 Å². The number of carbonyl (C=O) groups is 2. The van der Waals surface area contributed by atoms with Crippen LogP contribution in [-0.2, 0) is 16.0 Å². The first-order chi connectivity index (χ1) is 13.6. The van der Waals surface area contributed by atoms with E-state index in [4.69, 9.17) is 0 Å². The molecule has 2 aromatic rings. The summed E-state index contributed by atoms with van der Waals surface area (Å²) in [5.41, 5.74) is 2.69. The van der Waals surface area contributed by atoms with Gasteiger partial charge in [-0.3, -0.25) is 14.5 Å². The zero-order valence-electron chi connectivity index (χ0n) is 16.1. The van der Waals surface area contributed by atoms with Crippen LogP contribution in [0.2, 0.25) is 0 Å². The first-order valence-corrected chi connectivity index (χ1v) is 9.57. The highest BCUT2D eigenvalue weighted by atomic mass is 16.3. The smallest absolute Gasteiger partial charge is 0.227 e. The second-order valence-electron chi connectivity index (χ2n) is 7.27. The van der Waals surface area contributed by atoms with E-state index < -0.39 is 0 Å². The van der Waals surface area contributed by atoms with Gasteiger partial charge in [0.15, 0.2) is 0 Å². The SMILES string of the molecule is CN(C(=O)Cc1ccc(NC=O)cc1)C(CN1CC[C@@H](O)C1)c1ccccc1. The molecule has 148 valence electrons. The van der Waals surface area contributed by atoms with Crippen LogP contribution in [0.5, 0.6) is 0 Å². The van der Waals surface area contributed by atoms with Crippen LogP contribution in [0.15, 0.2) is 54.6 Å². The maximum absolute atomic E-state index is 13.0. The number of likely N-dealkylation sites (N-methyl/N-ethyl adjacent to an activating group) is 1. The summed E-state index contributed by atoms with van der Waals surface area (Å²) in [6, 6.07) is 17.2. The average molecular weight is 381 g/mol. The number of aliphatic hydroxyl groups is 1. The Bertz CT molecular complexity index is 779. The number of amides is 2. The molecule has 2 atom stereocenters. The predicted molar refractivity (Wildman–Crippen MR) is 109 cm³/mol. The molecule has 0 aromatic heterocycles. The van der Waals surface area contributed by atoms with Crippen LogP contribution in [0, 0.1) is 0 Å². The highest BCUT2D eigenvalue weighted by Crippen LogP contribution is 2.24. The molecule has 1 unspecified atom stereocenters. The zero-order chi connectivity index (χ0) is 19.9. The minimum Gasteiger partial charge on any atom is -0.392 e. The molecule has 2 amide bonds. The zero-order valence-corrected chi connectivity index (χ0v) is 16.1. The highest BCUT2D eigenvalue weighted by molar-refractivity contribution is 5.79. The molecule has 6 nitrogen and oxygen atoms in total. The molecule has 6 heteroatoms. The third kappa shape index (κ3) is 5.18. The van der Waals surface area contributed by atoms with E-state index in [0.29, 0.717) is 31.6 Å². The van der Waals surface area contributed by atoms with Crippen molar-refractivity contribution in [3.05, 3.63) is 65.7 Å². The first-order valence-electron chi connectivity index (χ1n) is 9.57. The number of aliphatic hydroxyl groups excluding tert-OH is 1. The summed E-state index contributed by atoms with van der Waals surface area (Å²) in [6.07, 6.45) is 1.42. The maximum atomic E-state index is 13.0. The largest absolute Gasteiger partial charge is 0.392 e. The van der Waals surface area contributed by atoms with Crippen LogP contribution >= 0.6 is 0 Å². The van der Waals surface area contributed by atoms with Gasteiger partial charge in [-0.15, -0.1) is 0 Å². The van der Waals surface area contributed by atoms with Crippen molar-refractivity contribution in [1.29, 1.82) is 0 Å². The molecule has 1 aliphatic rings. The lowest BCUT2D eigenvalue weighted by atomic mass is 10.0. The summed E-state index contributed by atoms with van der Waals surface area (Å²) >= 11 is 0. The molecule has 1 fully saturated rings. The number of nitrogens with one attached hydrogen (secondary N) is 1. The standard InChI is InChI=1S/C22H27N3O3/c1-24(22(28)13-17-7-9-19(10-8-17)23-16-26)21(18-5-3-2-4-6-18)15-25-12-11-20(27)14-25/h2-10,16,20-21,27H,11-15H2,1H3,(H,23,26)/t20-,21?/m1/s1. The highest BCUT2D eigenvalue weighted by Gasteiger charge is 2.28. The van der Waals surface area contributed by atoms with Gasteiger partial charge in [-0.1, -0.05) is 42.5 Å². The molecule has 0 radical (unpaired) electrons. The number of likely N-dealkylation sites (tertiary alicyclic amines) is 1. The first kappa shape index (κ1) is 20.0. The quantitative estimate of drug-likeness (QED) is 0.687. The molecule has 28 heavy (non-hydrogen) atoms. The van der Waals surface area contributed by atoms with Crippen molar-refractivity contribution in [2.45, 2.75) is 25.0 Å². The lowest BCUT2D eigenvalue weighted by Crippen LogP contribution is -2.39. The maximum Gasteiger partial charge on any atom is 0.227 e. The van der Waals surface area contributed by atoms with Gasteiger partial charge in [-0.05, 0) is 29.7 Å². The van der Waals surface area contributed by atoms with Crippen molar-refractivity contribution >= 4 is 18.0 Å². The van der Waals surface area contributed by atoms with E-state index in [-0.39, 0.29) is 18.1 Å². The van der Waals surface area contributed by atoms with Crippen LogP contribution in [0.25, 0.3) is 0 Å². The van der Waals surface area contributed by atoms with E-state index >= 15 is 0 Å². The minimum absolute atomic E-state index is 0.0321. The van der Waals surface area contributed by atoms with Crippen LogP contribution in [0.4, 0.5) is 5.69 Å². The monoisotopic (exact) mass is 381 g/mol. The number of β-amino-alcohol motifs (C(OH)–C–C–N with tert-alkyl or cyclic N) is 1. The molecule has 3 rings (SSSR count). The lowest BCUT2D eigenvalue weighted by Gasteiger charge is -2.32. The Morgan fingerprint density at radius 3 is 2.57 bits per heavy atom. The number of nitrogens with zero attached hydrogens (tertiary/aromatic N) is 2. The predicted octanol–water partition coefficient (Wildman–Crippen LogP) is 2.06. The Morgan fingerprint density at radius 2 is 1.96 bits per heavy atom. The van der Waals surface area contributed by atoms with Crippen molar-refractivity contribution < 1.29 is 14.7 Å². The van der Waals surface area contributed by atoms with Crippen molar-refractivity contribution in [2.75, 3.05) is 32.0 Å². The summed E-state index contributed by atoms with van der Waals surface area (Å²) < 4.78 is 0. The molecule has 1 heterocycles. The summed E-state index contributed by atoms with van der Waals surface area (Å²) in [5.74, 6) is 0.0321. The van der Waals surface area contributed by atoms with Crippen molar-refractivity contribution in [1.82, 2.24) is 9.80 Å². The van der Waals surface area contributed by atoms with Crippen molar-refractivity contribution in [3.8, 4) is 0 Å². The molecule has 0 aliphatic carbocycles. The molecule has 1 saturated heterocycles. The normalized spacial score (nSPS) is 17.9. The fraction of sp³-hybridized carbons (Fsp3) is 0.364. The number of hydrogen-bond donors (Lipinski definition) is 2. The topological polar surface area (TPSA) is 72.9 Å². The van der Waals surface area contributed by atoms with Crippen LogP contribution < -0.4 is 5.32 Å².